The molecule has 0 saturated carbocycles. The lowest BCUT2D eigenvalue weighted by Crippen LogP contribution is -2.21. The normalized spacial score (nSPS) is 17.7. The fourth-order valence-corrected chi connectivity index (χ4v) is 3.26. The van der Waals surface area contributed by atoms with E-state index in [-0.39, 0.29) is 0 Å². The van der Waals surface area contributed by atoms with Gasteiger partial charge in [0.2, 0.25) is 0 Å². The van der Waals surface area contributed by atoms with Crippen LogP contribution in [-0.4, -0.2) is 46.1 Å². The Morgan fingerprint density at radius 1 is 1.24 bits per heavy atom. The number of aromatic nitrogens is 2. The molecule has 0 aliphatic carbocycles. The van der Waals surface area contributed by atoms with Crippen LogP contribution in [-0.2, 0) is 24.3 Å². The van der Waals surface area contributed by atoms with Gasteiger partial charge in [0.1, 0.15) is 6.61 Å². The van der Waals surface area contributed by atoms with Crippen molar-refractivity contribution in [1.29, 1.82) is 0 Å². The molecule has 1 fully saturated rings. The van der Waals surface area contributed by atoms with Gasteiger partial charge in [0.15, 0.2) is 5.82 Å². The van der Waals surface area contributed by atoms with Gasteiger partial charge < -0.3 is 9.84 Å². The summed E-state index contributed by atoms with van der Waals surface area (Å²) in [6.07, 6.45) is 5.89. The van der Waals surface area contributed by atoms with Crippen LogP contribution in [0.3, 0.4) is 0 Å². The van der Waals surface area contributed by atoms with Crippen molar-refractivity contribution >= 4 is 5.97 Å². The van der Waals surface area contributed by atoms with E-state index in [0.29, 0.717) is 23.9 Å². The zero-order valence-corrected chi connectivity index (χ0v) is 14.4. The standard InChI is InChI=1S/C19H23N3O3/c1-25-13-18-20-9-16(10-21-18)12-22-7-6-15(11-22)8-14-2-4-17(5-3-14)19(23)24/h2-5,9-10,15H,6-8,11-13H2,1H3,(H,23,24)/t15-/m1/s1. The van der Waals surface area contributed by atoms with Gasteiger partial charge in [0, 0.05) is 38.2 Å². The summed E-state index contributed by atoms with van der Waals surface area (Å²) in [5.74, 6) is 0.428. The Morgan fingerprint density at radius 3 is 2.60 bits per heavy atom. The largest absolute Gasteiger partial charge is 0.478 e. The van der Waals surface area contributed by atoms with Gasteiger partial charge >= 0.3 is 5.97 Å². The maximum absolute atomic E-state index is 10.9. The number of likely N-dealkylation sites (tertiary alicyclic amines) is 1. The number of carboxylic acid groups (broad SMARTS) is 1. The SMILES string of the molecule is COCc1ncc(CN2CC[C@H](Cc3ccc(C(=O)O)cc3)C2)cn1. The van der Waals surface area contributed by atoms with Gasteiger partial charge in [-0.2, -0.15) is 0 Å². The van der Waals surface area contributed by atoms with E-state index in [4.69, 9.17) is 9.84 Å². The molecule has 6 heteroatoms. The highest BCUT2D eigenvalue weighted by Gasteiger charge is 2.22. The fourth-order valence-electron chi connectivity index (χ4n) is 3.26. The summed E-state index contributed by atoms with van der Waals surface area (Å²) in [6.45, 7) is 3.41. The second kappa shape index (κ2) is 8.18. The second-order valence-electron chi connectivity index (χ2n) is 6.54. The summed E-state index contributed by atoms with van der Waals surface area (Å²) >= 11 is 0. The van der Waals surface area contributed by atoms with Crippen molar-refractivity contribution in [3.63, 3.8) is 0 Å². The third kappa shape index (κ3) is 4.84. The van der Waals surface area contributed by atoms with E-state index < -0.39 is 5.97 Å². The van der Waals surface area contributed by atoms with Crippen LogP contribution in [0.5, 0.6) is 0 Å². The number of hydrogen-bond acceptors (Lipinski definition) is 5. The minimum Gasteiger partial charge on any atom is -0.478 e. The minimum absolute atomic E-state index is 0.341. The summed E-state index contributed by atoms with van der Waals surface area (Å²) < 4.78 is 5.02. The number of nitrogens with zero attached hydrogens (tertiary/aromatic N) is 3. The molecule has 1 aromatic heterocycles. The molecule has 3 rings (SSSR count). The van der Waals surface area contributed by atoms with E-state index in [1.807, 2.05) is 24.5 Å². The van der Waals surface area contributed by atoms with Gasteiger partial charge in [0.25, 0.3) is 0 Å². The zero-order chi connectivity index (χ0) is 17.6. The maximum Gasteiger partial charge on any atom is 0.335 e. The molecule has 1 aliphatic rings. The number of benzene rings is 1. The highest BCUT2D eigenvalue weighted by Crippen LogP contribution is 2.22. The maximum atomic E-state index is 10.9. The molecule has 25 heavy (non-hydrogen) atoms. The third-order valence-corrected chi connectivity index (χ3v) is 4.53. The van der Waals surface area contributed by atoms with Gasteiger partial charge in [-0.3, -0.25) is 4.90 Å². The van der Waals surface area contributed by atoms with E-state index in [2.05, 4.69) is 14.9 Å². The molecule has 0 spiro atoms. The van der Waals surface area contributed by atoms with Gasteiger partial charge in [-0.05, 0) is 43.0 Å². The molecular formula is C19H23N3O3. The van der Waals surface area contributed by atoms with Crippen molar-refractivity contribution in [2.75, 3.05) is 20.2 Å². The topological polar surface area (TPSA) is 75.5 Å². The molecule has 1 aliphatic heterocycles. The van der Waals surface area contributed by atoms with Crippen molar-refractivity contribution in [3.05, 3.63) is 59.2 Å². The van der Waals surface area contributed by atoms with Crippen molar-refractivity contribution in [2.24, 2.45) is 5.92 Å². The Kier molecular flexibility index (Phi) is 5.73. The highest BCUT2D eigenvalue weighted by molar-refractivity contribution is 5.87. The first-order chi connectivity index (χ1) is 12.1. The van der Waals surface area contributed by atoms with Crippen molar-refractivity contribution in [2.45, 2.75) is 26.0 Å². The van der Waals surface area contributed by atoms with Crippen LogP contribution in [0.2, 0.25) is 0 Å². The molecule has 2 aromatic rings. The number of carbonyl (C=O) groups is 1. The quantitative estimate of drug-likeness (QED) is 0.833. The molecule has 2 heterocycles. The number of ether oxygens (including phenoxy) is 1. The summed E-state index contributed by atoms with van der Waals surface area (Å²) in [5.41, 5.74) is 2.66. The Bertz CT molecular complexity index is 701. The summed E-state index contributed by atoms with van der Waals surface area (Å²) in [5, 5.41) is 8.96. The first-order valence-corrected chi connectivity index (χ1v) is 8.47. The van der Waals surface area contributed by atoms with Gasteiger partial charge in [-0.1, -0.05) is 12.1 Å². The van der Waals surface area contributed by atoms with Gasteiger partial charge in [0.05, 0.1) is 5.56 Å². The summed E-state index contributed by atoms with van der Waals surface area (Å²) in [4.78, 5) is 21.9. The van der Waals surface area contributed by atoms with E-state index in [1.54, 1.807) is 19.2 Å². The zero-order valence-electron chi connectivity index (χ0n) is 14.4. The molecule has 132 valence electrons. The molecular weight excluding hydrogens is 318 g/mol. The molecule has 1 aromatic carbocycles. The van der Waals surface area contributed by atoms with Crippen molar-refractivity contribution < 1.29 is 14.6 Å². The third-order valence-electron chi connectivity index (χ3n) is 4.53. The second-order valence-corrected chi connectivity index (χ2v) is 6.54. The smallest absolute Gasteiger partial charge is 0.335 e. The summed E-state index contributed by atoms with van der Waals surface area (Å²) in [7, 11) is 1.64. The first-order valence-electron chi connectivity index (χ1n) is 8.47. The lowest BCUT2D eigenvalue weighted by atomic mass is 9.98. The van der Waals surface area contributed by atoms with Crippen LogP contribution >= 0.6 is 0 Å². The molecule has 0 radical (unpaired) electrons. The summed E-state index contributed by atoms with van der Waals surface area (Å²) in [6, 6.07) is 7.22. The molecule has 0 amide bonds. The Balaban J connectivity index is 1.50. The van der Waals surface area contributed by atoms with E-state index in [9.17, 15) is 4.79 Å². The van der Waals surface area contributed by atoms with Crippen LogP contribution in [0.25, 0.3) is 0 Å². The molecule has 6 nitrogen and oxygen atoms in total. The Morgan fingerprint density at radius 2 is 1.96 bits per heavy atom. The average Bonchev–Trinajstić information content (AvgIpc) is 3.04. The van der Waals surface area contributed by atoms with Crippen LogP contribution in [0.4, 0.5) is 0 Å². The van der Waals surface area contributed by atoms with Crippen molar-refractivity contribution in [1.82, 2.24) is 14.9 Å². The number of hydrogen-bond donors (Lipinski definition) is 1. The minimum atomic E-state index is -0.877. The van der Waals surface area contributed by atoms with E-state index in [0.717, 1.165) is 38.0 Å². The predicted octanol–water partition coefficient (Wildman–Crippen LogP) is 2.39. The van der Waals surface area contributed by atoms with Crippen LogP contribution in [0.1, 0.15) is 33.7 Å². The monoisotopic (exact) mass is 341 g/mol. The Labute approximate surface area is 147 Å². The molecule has 1 atom stereocenters. The highest BCUT2D eigenvalue weighted by atomic mass is 16.5. The van der Waals surface area contributed by atoms with Gasteiger partial charge in [-0.15, -0.1) is 0 Å². The molecule has 1 N–H and O–H groups in total. The number of aromatic carboxylic acids is 1. The van der Waals surface area contributed by atoms with Crippen LogP contribution in [0.15, 0.2) is 36.7 Å². The van der Waals surface area contributed by atoms with Crippen LogP contribution in [0, 0.1) is 5.92 Å². The Hall–Kier alpha value is -2.31. The van der Waals surface area contributed by atoms with Crippen molar-refractivity contribution in [3.8, 4) is 0 Å². The first kappa shape index (κ1) is 17.5. The molecule has 0 unspecified atom stereocenters. The van der Waals surface area contributed by atoms with Crippen LogP contribution < -0.4 is 0 Å². The van der Waals surface area contributed by atoms with E-state index >= 15 is 0 Å². The van der Waals surface area contributed by atoms with E-state index in [1.165, 1.54) is 5.56 Å². The lowest BCUT2D eigenvalue weighted by molar-refractivity contribution is 0.0697. The average molecular weight is 341 g/mol. The predicted molar refractivity (Wildman–Crippen MR) is 93.2 cm³/mol. The molecule has 1 saturated heterocycles. The number of carboxylic acids is 1. The van der Waals surface area contributed by atoms with Gasteiger partial charge in [-0.25, -0.2) is 14.8 Å². The number of methoxy groups -OCH3 is 1. The fraction of sp³-hybridized carbons (Fsp3) is 0.421. The molecule has 0 bridgehead atoms. The number of rotatable bonds is 7. The lowest BCUT2D eigenvalue weighted by Gasteiger charge is -2.16.